The van der Waals surface area contributed by atoms with Crippen molar-refractivity contribution in [3.8, 4) is 11.5 Å². The molecule has 0 unspecified atom stereocenters. The van der Waals surface area contributed by atoms with Gasteiger partial charge in [0.25, 0.3) is 5.91 Å². The lowest BCUT2D eigenvalue weighted by Crippen LogP contribution is -2.32. The highest BCUT2D eigenvalue weighted by atomic mass is 16.5. The van der Waals surface area contributed by atoms with E-state index in [0.29, 0.717) is 42.7 Å². The lowest BCUT2D eigenvalue weighted by atomic mass is 10.1. The van der Waals surface area contributed by atoms with Gasteiger partial charge in [0.15, 0.2) is 0 Å². The summed E-state index contributed by atoms with van der Waals surface area (Å²) < 4.78 is 17.5. The van der Waals surface area contributed by atoms with Crippen LogP contribution in [0.15, 0.2) is 42.5 Å². The average Bonchev–Trinajstić information content (AvgIpc) is 3.29. The maximum absolute atomic E-state index is 13.3. The molecule has 1 N–H and O–H groups in total. The maximum atomic E-state index is 13.3. The minimum Gasteiger partial charge on any atom is -0.497 e. The molecule has 1 aliphatic rings. The van der Waals surface area contributed by atoms with E-state index in [1.807, 2.05) is 28.8 Å². The topological polar surface area (TPSA) is 94.9 Å². The number of amides is 2. The molecule has 1 atom stereocenters. The molecule has 0 spiro atoms. The molecular weight excluding hydrogens is 412 g/mol. The van der Waals surface area contributed by atoms with Gasteiger partial charge >= 0.3 is 0 Å². The van der Waals surface area contributed by atoms with Crippen molar-refractivity contribution in [1.29, 1.82) is 0 Å². The molecule has 168 valence electrons. The molecule has 0 saturated heterocycles. The molecule has 4 rings (SSSR count). The SMILES string of the molecule is COCCCN1C(=O)[C@@H](CC(=O)Nc2ccc(OC)cc2OC)n2c1nc1ccccc12. The zero-order chi connectivity index (χ0) is 22.7. The fraction of sp³-hybridized carbons (Fsp3) is 0.348. The van der Waals surface area contributed by atoms with E-state index in [1.165, 1.54) is 7.11 Å². The first-order chi connectivity index (χ1) is 15.6. The van der Waals surface area contributed by atoms with Crippen LogP contribution in [-0.4, -0.2) is 55.8 Å². The van der Waals surface area contributed by atoms with Gasteiger partial charge in [-0.05, 0) is 30.7 Å². The summed E-state index contributed by atoms with van der Waals surface area (Å²) in [5, 5.41) is 2.85. The Morgan fingerprint density at radius 1 is 1.12 bits per heavy atom. The van der Waals surface area contributed by atoms with Gasteiger partial charge in [-0.25, -0.2) is 4.98 Å². The Bertz CT molecular complexity index is 1140. The second-order valence-electron chi connectivity index (χ2n) is 7.44. The van der Waals surface area contributed by atoms with E-state index >= 15 is 0 Å². The number of ether oxygens (including phenoxy) is 3. The van der Waals surface area contributed by atoms with Crippen LogP contribution in [0.5, 0.6) is 11.5 Å². The van der Waals surface area contributed by atoms with Crippen LogP contribution < -0.4 is 19.7 Å². The fourth-order valence-electron chi connectivity index (χ4n) is 3.95. The van der Waals surface area contributed by atoms with E-state index in [2.05, 4.69) is 10.3 Å². The Morgan fingerprint density at radius 3 is 2.69 bits per heavy atom. The van der Waals surface area contributed by atoms with Crippen molar-refractivity contribution < 1.29 is 23.8 Å². The molecule has 2 amide bonds. The summed E-state index contributed by atoms with van der Waals surface area (Å²) in [5.74, 6) is 1.21. The predicted octanol–water partition coefficient (Wildman–Crippen LogP) is 3.01. The number of para-hydroxylation sites is 2. The van der Waals surface area contributed by atoms with Gasteiger partial charge in [-0.3, -0.25) is 19.1 Å². The molecule has 9 nitrogen and oxygen atoms in total. The summed E-state index contributed by atoms with van der Waals surface area (Å²) in [6, 6.07) is 12.1. The average molecular weight is 438 g/mol. The van der Waals surface area contributed by atoms with Crippen molar-refractivity contribution >= 4 is 34.5 Å². The van der Waals surface area contributed by atoms with Gasteiger partial charge in [0, 0.05) is 26.3 Å². The lowest BCUT2D eigenvalue weighted by Gasteiger charge is -2.16. The quantitative estimate of drug-likeness (QED) is 0.516. The third-order valence-electron chi connectivity index (χ3n) is 5.47. The van der Waals surface area contributed by atoms with Gasteiger partial charge in [-0.15, -0.1) is 0 Å². The minimum absolute atomic E-state index is 0.0256. The molecule has 0 radical (unpaired) electrons. The number of carbonyl (C=O) groups excluding carboxylic acids is 2. The van der Waals surface area contributed by atoms with Crippen LogP contribution in [0, 0.1) is 0 Å². The van der Waals surface area contributed by atoms with Crippen molar-refractivity contribution in [2.45, 2.75) is 18.9 Å². The Morgan fingerprint density at radius 2 is 1.94 bits per heavy atom. The highest BCUT2D eigenvalue weighted by molar-refractivity contribution is 6.05. The Kier molecular flexibility index (Phi) is 6.27. The number of aromatic nitrogens is 2. The molecule has 32 heavy (non-hydrogen) atoms. The zero-order valence-corrected chi connectivity index (χ0v) is 18.3. The molecule has 9 heteroatoms. The Balaban J connectivity index is 1.59. The van der Waals surface area contributed by atoms with E-state index in [1.54, 1.807) is 37.3 Å². The second kappa shape index (κ2) is 9.27. The number of anilines is 2. The van der Waals surface area contributed by atoms with Gasteiger partial charge in [-0.2, -0.15) is 0 Å². The summed E-state index contributed by atoms with van der Waals surface area (Å²) in [5.41, 5.74) is 2.12. The van der Waals surface area contributed by atoms with Crippen molar-refractivity contribution in [3.05, 3.63) is 42.5 Å². The highest BCUT2D eigenvalue weighted by Gasteiger charge is 2.40. The largest absolute Gasteiger partial charge is 0.497 e. The number of hydrogen-bond donors (Lipinski definition) is 1. The third-order valence-corrected chi connectivity index (χ3v) is 5.47. The maximum Gasteiger partial charge on any atom is 0.253 e. The normalized spacial score (nSPS) is 15.2. The molecule has 3 aromatic rings. The summed E-state index contributed by atoms with van der Waals surface area (Å²) in [6.07, 6.45) is 0.648. The van der Waals surface area contributed by atoms with Crippen molar-refractivity contribution in [2.75, 3.05) is 44.7 Å². The predicted molar refractivity (Wildman–Crippen MR) is 120 cm³/mol. The number of nitrogens with zero attached hydrogens (tertiary/aromatic N) is 3. The molecule has 0 bridgehead atoms. The van der Waals surface area contributed by atoms with E-state index in [0.717, 1.165) is 11.0 Å². The molecule has 2 heterocycles. The van der Waals surface area contributed by atoms with Crippen LogP contribution in [0.1, 0.15) is 18.9 Å². The van der Waals surface area contributed by atoms with Crippen LogP contribution in [0.25, 0.3) is 11.0 Å². The van der Waals surface area contributed by atoms with Crippen LogP contribution in [0.3, 0.4) is 0 Å². The van der Waals surface area contributed by atoms with Crippen molar-refractivity contribution in [2.24, 2.45) is 0 Å². The lowest BCUT2D eigenvalue weighted by molar-refractivity contribution is -0.124. The van der Waals surface area contributed by atoms with Crippen LogP contribution >= 0.6 is 0 Å². The molecule has 1 aromatic heterocycles. The van der Waals surface area contributed by atoms with E-state index in [-0.39, 0.29) is 18.2 Å². The number of methoxy groups -OCH3 is 3. The molecule has 0 saturated carbocycles. The zero-order valence-electron chi connectivity index (χ0n) is 18.3. The number of fused-ring (bicyclic) bond motifs is 3. The van der Waals surface area contributed by atoms with E-state index in [4.69, 9.17) is 14.2 Å². The third kappa shape index (κ3) is 3.99. The van der Waals surface area contributed by atoms with Crippen molar-refractivity contribution in [1.82, 2.24) is 9.55 Å². The number of nitrogens with one attached hydrogen (secondary N) is 1. The van der Waals surface area contributed by atoms with Crippen molar-refractivity contribution in [3.63, 3.8) is 0 Å². The first-order valence-electron chi connectivity index (χ1n) is 10.4. The number of carbonyl (C=O) groups is 2. The van der Waals surface area contributed by atoms with E-state index < -0.39 is 6.04 Å². The van der Waals surface area contributed by atoms with Gasteiger partial charge in [0.1, 0.15) is 17.5 Å². The summed E-state index contributed by atoms with van der Waals surface area (Å²) >= 11 is 0. The smallest absolute Gasteiger partial charge is 0.253 e. The van der Waals surface area contributed by atoms with Gasteiger partial charge in [0.2, 0.25) is 11.9 Å². The summed E-state index contributed by atoms with van der Waals surface area (Å²) in [4.78, 5) is 32.5. The minimum atomic E-state index is -0.677. The first kappa shape index (κ1) is 21.6. The van der Waals surface area contributed by atoms with Gasteiger partial charge in [0.05, 0.1) is 37.4 Å². The first-order valence-corrected chi connectivity index (χ1v) is 10.4. The molecular formula is C23H26N4O5. The Hall–Kier alpha value is -3.59. The number of hydrogen-bond acceptors (Lipinski definition) is 6. The van der Waals surface area contributed by atoms with Crippen LogP contribution in [0.2, 0.25) is 0 Å². The number of imidazole rings is 1. The van der Waals surface area contributed by atoms with Gasteiger partial charge < -0.3 is 19.5 Å². The molecule has 2 aromatic carbocycles. The number of benzene rings is 2. The summed E-state index contributed by atoms with van der Waals surface area (Å²) in [7, 11) is 4.71. The molecule has 1 aliphatic heterocycles. The van der Waals surface area contributed by atoms with Crippen LogP contribution in [-0.2, 0) is 14.3 Å². The van der Waals surface area contributed by atoms with Crippen LogP contribution in [0.4, 0.5) is 11.6 Å². The highest BCUT2D eigenvalue weighted by Crippen LogP contribution is 2.37. The Labute approximate surface area is 185 Å². The van der Waals surface area contributed by atoms with Gasteiger partial charge in [-0.1, -0.05) is 12.1 Å². The molecule has 0 fully saturated rings. The number of rotatable bonds is 9. The monoisotopic (exact) mass is 438 g/mol. The standard InChI is InChI=1S/C23H26N4O5/c1-30-12-6-11-26-22(29)19(27-18-8-5-4-7-16(18)25-23(26)27)14-21(28)24-17-10-9-15(31-2)13-20(17)32-3/h4-5,7-10,13,19H,6,11-12,14H2,1-3H3,(H,24,28)/t19-/m1/s1. The second-order valence-corrected chi connectivity index (χ2v) is 7.44. The summed E-state index contributed by atoms with van der Waals surface area (Å²) in [6.45, 7) is 1.01. The van der Waals surface area contributed by atoms with E-state index in [9.17, 15) is 9.59 Å². The molecule has 0 aliphatic carbocycles. The fourth-order valence-corrected chi connectivity index (χ4v) is 3.95.